The number of aromatic nitrogens is 1. The van der Waals surface area contributed by atoms with Gasteiger partial charge in [0.2, 0.25) is 0 Å². The number of oxazole rings is 1. The standard InChI is InChI=1S/C11H9F2NO/c1-2-7-11(12,13)10-14-8-5-3-4-6-9(8)15-10/h2-7H,1H3. The quantitative estimate of drug-likeness (QED) is 0.707. The van der Waals surface area contributed by atoms with Crippen LogP contribution in [0.1, 0.15) is 12.8 Å². The summed E-state index contributed by atoms with van der Waals surface area (Å²) in [4.78, 5) is 3.74. The fourth-order valence-electron chi connectivity index (χ4n) is 1.30. The average Bonchev–Trinajstić information content (AvgIpc) is 2.61. The van der Waals surface area contributed by atoms with Crippen LogP contribution in [0.3, 0.4) is 0 Å². The molecule has 0 unspecified atom stereocenters. The predicted octanol–water partition coefficient (Wildman–Crippen LogP) is 3.50. The zero-order valence-electron chi connectivity index (χ0n) is 8.08. The van der Waals surface area contributed by atoms with Crippen LogP contribution in [0.2, 0.25) is 0 Å². The molecule has 0 radical (unpaired) electrons. The number of halogens is 2. The van der Waals surface area contributed by atoms with Crippen molar-refractivity contribution in [3.05, 3.63) is 42.3 Å². The van der Waals surface area contributed by atoms with Crippen molar-refractivity contribution in [1.29, 1.82) is 0 Å². The second-order valence-electron chi connectivity index (χ2n) is 3.11. The van der Waals surface area contributed by atoms with E-state index >= 15 is 0 Å². The Morgan fingerprint density at radius 1 is 1.33 bits per heavy atom. The predicted molar refractivity (Wildman–Crippen MR) is 52.7 cm³/mol. The van der Waals surface area contributed by atoms with Gasteiger partial charge in [-0.2, -0.15) is 8.78 Å². The van der Waals surface area contributed by atoms with Crippen molar-refractivity contribution < 1.29 is 13.2 Å². The smallest absolute Gasteiger partial charge is 0.340 e. The molecule has 0 saturated heterocycles. The zero-order chi connectivity index (χ0) is 10.9. The van der Waals surface area contributed by atoms with Gasteiger partial charge in [-0.25, -0.2) is 4.98 Å². The van der Waals surface area contributed by atoms with Gasteiger partial charge in [0, 0.05) is 0 Å². The Balaban J connectivity index is 2.53. The molecule has 0 spiro atoms. The maximum atomic E-state index is 13.4. The SMILES string of the molecule is CC=CC(F)(F)c1nc2ccccc2o1. The Hall–Kier alpha value is -1.71. The number of hydrogen-bond acceptors (Lipinski definition) is 2. The van der Waals surface area contributed by atoms with Gasteiger partial charge in [0.15, 0.2) is 5.58 Å². The lowest BCUT2D eigenvalue weighted by Gasteiger charge is -2.04. The Labute approximate surface area is 85.2 Å². The van der Waals surface area contributed by atoms with Crippen molar-refractivity contribution in [1.82, 2.24) is 4.98 Å². The van der Waals surface area contributed by atoms with Crippen molar-refractivity contribution in [2.75, 3.05) is 0 Å². The minimum absolute atomic E-state index is 0.372. The Kier molecular flexibility index (Phi) is 2.26. The van der Waals surface area contributed by atoms with Crippen LogP contribution in [0.4, 0.5) is 8.78 Å². The molecular weight excluding hydrogens is 200 g/mol. The zero-order valence-corrected chi connectivity index (χ0v) is 8.08. The summed E-state index contributed by atoms with van der Waals surface area (Å²) in [6.45, 7) is 1.52. The highest BCUT2D eigenvalue weighted by Gasteiger charge is 2.34. The second-order valence-corrected chi connectivity index (χ2v) is 3.11. The van der Waals surface area contributed by atoms with Crippen molar-refractivity contribution in [2.45, 2.75) is 12.8 Å². The molecule has 0 amide bonds. The van der Waals surface area contributed by atoms with Gasteiger partial charge in [-0.05, 0) is 25.1 Å². The van der Waals surface area contributed by atoms with Crippen LogP contribution in [0.25, 0.3) is 11.1 Å². The highest BCUT2D eigenvalue weighted by atomic mass is 19.3. The molecule has 0 aliphatic carbocycles. The molecule has 2 aromatic rings. The van der Waals surface area contributed by atoms with Crippen molar-refractivity contribution >= 4 is 11.1 Å². The third-order valence-electron chi connectivity index (χ3n) is 1.96. The molecule has 1 aromatic carbocycles. The Morgan fingerprint density at radius 3 is 2.73 bits per heavy atom. The largest absolute Gasteiger partial charge is 0.435 e. The Bertz CT molecular complexity index is 469. The summed E-state index contributed by atoms with van der Waals surface area (Å²) in [5.74, 6) is -3.71. The van der Waals surface area contributed by atoms with Crippen LogP contribution in [0, 0.1) is 0 Å². The van der Waals surface area contributed by atoms with Gasteiger partial charge in [0.1, 0.15) is 5.52 Å². The van der Waals surface area contributed by atoms with Crippen LogP contribution >= 0.6 is 0 Å². The van der Waals surface area contributed by atoms with Crippen LogP contribution in [-0.2, 0) is 5.92 Å². The monoisotopic (exact) mass is 209 g/mol. The molecule has 0 fully saturated rings. The average molecular weight is 209 g/mol. The fourth-order valence-corrected chi connectivity index (χ4v) is 1.30. The lowest BCUT2D eigenvalue weighted by Crippen LogP contribution is -2.09. The van der Waals surface area contributed by atoms with Gasteiger partial charge in [-0.15, -0.1) is 0 Å². The molecular formula is C11H9F2NO. The van der Waals surface area contributed by atoms with Crippen molar-refractivity contribution in [2.24, 2.45) is 0 Å². The van der Waals surface area contributed by atoms with Gasteiger partial charge in [-0.3, -0.25) is 0 Å². The van der Waals surface area contributed by atoms with Crippen molar-refractivity contribution in [3.63, 3.8) is 0 Å². The van der Waals surface area contributed by atoms with E-state index in [0.29, 0.717) is 11.1 Å². The molecule has 4 heteroatoms. The molecule has 15 heavy (non-hydrogen) atoms. The normalized spacial score (nSPS) is 12.7. The molecule has 0 atom stereocenters. The third kappa shape index (κ3) is 1.75. The minimum atomic E-state index is -3.15. The van der Waals surface area contributed by atoms with Gasteiger partial charge in [0.05, 0.1) is 0 Å². The number of allylic oxidation sites excluding steroid dienone is 2. The molecule has 0 saturated carbocycles. The van der Waals surface area contributed by atoms with E-state index in [1.165, 1.54) is 13.0 Å². The number of nitrogens with zero attached hydrogens (tertiary/aromatic N) is 1. The number of hydrogen-bond donors (Lipinski definition) is 0. The molecule has 0 N–H and O–H groups in total. The molecule has 78 valence electrons. The van der Waals surface area contributed by atoms with E-state index in [4.69, 9.17) is 4.42 Å². The number of alkyl halides is 2. The van der Waals surface area contributed by atoms with Crippen LogP contribution in [-0.4, -0.2) is 4.98 Å². The molecule has 1 aromatic heterocycles. The summed E-state index contributed by atoms with van der Waals surface area (Å²) in [7, 11) is 0. The van der Waals surface area contributed by atoms with Gasteiger partial charge < -0.3 is 4.42 Å². The number of fused-ring (bicyclic) bond motifs is 1. The van der Waals surface area contributed by atoms with Gasteiger partial charge in [-0.1, -0.05) is 18.2 Å². The maximum Gasteiger partial charge on any atom is 0.340 e. The van der Waals surface area contributed by atoms with Crippen LogP contribution < -0.4 is 0 Å². The highest BCUT2D eigenvalue weighted by Crippen LogP contribution is 2.31. The summed E-state index contributed by atoms with van der Waals surface area (Å²) in [5, 5.41) is 0. The summed E-state index contributed by atoms with van der Waals surface area (Å²) in [5.41, 5.74) is 0.813. The molecule has 2 rings (SSSR count). The van der Waals surface area contributed by atoms with Gasteiger partial charge >= 0.3 is 5.92 Å². The summed E-state index contributed by atoms with van der Waals surface area (Å²) in [6, 6.07) is 6.68. The topological polar surface area (TPSA) is 26.0 Å². The summed E-state index contributed by atoms with van der Waals surface area (Å²) >= 11 is 0. The first-order chi connectivity index (χ1) is 7.13. The van der Waals surface area contributed by atoms with Gasteiger partial charge in [0.25, 0.3) is 5.89 Å². The first kappa shape index (κ1) is 9.83. The summed E-state index contributed by atoms with van der Waals surface area (Å²) in [6.07, 6.45) is 2.03. The molecule has 0 aliphatic rings. The molecule has 2 nitrogen and oxygen atoms in total. The lowest BCUT2D eigenvalue weighted by molar-refractivity contribution is 0.0233. The van der Waals surface area contributed by atoms with Crippen LogP contribution in [0.15, 0.2) is 40.8 Å². The number of para-hydroxylation sites is 2. The number of benzene rings is 1. The van der Waals surface area contributed by atoms with E-state index in [1.807, 2.05) is 0 Å². The first-order valence-electron chi connectivity index (χ1n) is 4.51. The highest BCUT2D eigenvalue weighted by molar-refractivity contribution is 5.72. The Morgan fingerprint density at radius 2 is 2.07 bits per heavy atom. The van der Waals surface area contributed by atoms with Crippen LogP contribution in [0.5, 0.6) is 0 Å². The van der Waals surface area contributed by atoms with E-state index in [0.717, 1.165) is 6.08 Å². The first-order valence-corrected chi connectivity index (χ1v) is 4.51. The molecule has 1 heterocycles. The van der Waals surface area contributed by atoms with E-state index in [9.17, 15) is 8.78 Å². The maximum absolute atomic E-state index is 13.4. The van der Waals surface area contributed by atoms with Crippen molar-refractivity contribution in [3.8, 4) is 0 Å². The summed E-state index contributed by atoms with van der Waals surface area (Å²) < 4.78 is 31.7. The number of rotatable bonds is 2. The second kappa shape index (κ2) is 3.46. The lowest BCUT2D eigenvalue weighted by atomic mass is 10.3. The third-order valence-corrected chi connectivity index (χ3v) is 1.96. The van der Waals surface area contributed by atoms with E-state index < -0.39 is 11.8 Å². The molecule has 0 bridgehead atoms. The van der Waals surface area contributed by atoms with E-state index in [2.05, 4.69) is 4.98 Å². The van der Waals surface area contributed by atoms with E-state index in [-0.39, 0.29) is 0 Å². The minimum Gasteiger partial charge on any atom is -0.435 e. The molecule has 0 aliphatic heterocycles. The van der Waals surface area contributed by atoms with E-state index in [1.54, 1.807) is 24.3 Å². The fraction of sp³-hybridized carbons (Fsp3) is 0.182.